The van der Waals surface area contributed by atoms with Gasteiger partial charge in [0.2, 0.25) is 0 Å². The molecule has 0 aliphatic heterocycles. The molecule has 3 aromatic rings. The van der Waals surface area contributed by atoms with Gasteiger partial charge in [0.15, 0.2) is 0 Å². The van der Waals surface area contributed by atoms with E-state index in [2.05, 4.69) is 20.4 Å². The zero-order valence-electron chi connectivity index (χ0n) is 11.4. The van der Waals surface area contributed by atoms with Crippen molar-refractivity contribution in [3.05, 3.63) is 35.7 Å². The summed E-state index contributed by atoms with van der Waals surface area (Å²) < 4.78 is 1.77. The van der Waals surface area contributed by atoms with E-state index in [0.717, 1.165) is 0 Å². The average molecular weight is 302 g/mol. The van der Waals surface area contributed by atoms with E-state index in [0.29, 0.717) is 27.5 Å². The van der Waals surface area contributed by atoms with Gasteiger partial charge in [0.1, 0.15) is 15.2 Å². The summed E-state index contributed by atoms with van der Waals surface area (Å²) in [6.07, 6.45) is 6.70. The van der Waals surface area contributed by atoms with E-state index in [9.17, 15) is 4.79 Å². The standard InChI is InChI=1S/C13H14N6OS/c1-8(7-19-6-2-3-17-19)18-12(20)11-9(14)10-13(21-11)16-5-4-15-10/h2-6,8H,7,14H2,1H3,(H,18,20). The second-order valence-corrected chi connectivity index (χ2v) is 5.66. The van der Waals surface area contributed by atoms with Crippen molar-refractivity contribution in [2.24, 2.45) is 0 Å². The first-order valence-corrected chi connectivity index (χ1v) is 7.24. The van der Waals surface area contributed by atoms with E-state index in [-0.39, 0.29) is 11.9 Å². The highest BCUT2D eigenvalue weighted by atomic mass is 32.1. The van der Waals surface area contributed by atoms with Gasteiger partial charge in [-0.15, -0.1) is 11.3 Å². The molecule has 0 saturated heterocycles. The number of carbonyl (C=O) groups is 1. The van der Waals surface area contributed by atoms with E-state index in [4.69, 9.17) is 5.73 Å². The van der Waals surface area contributed by atoms with Crippen molar-refractivity contribution in [3.8, 4) is 0 Å². The number of nitrogens with one attached hydrogen (secondary N) is 1. The fourth-order valence-electron chi connectivity index (χ4n) is 2.04. The molecule has 0 bridgehead atoms. The Bertz CT molecular complexity index is 766. The molecule has 0 aliphatic rings. The van der Waals surface area contributed by atoms with E-state index in [1.54, 1.807) is 23.3 Å². The Morgan fingerprint density at radius 3 is 2.95 bits per heavy atom. The van der Waals surface area contributed by atoms with Gasteiger partial charge in [0, 0.05) is 30.8 Å². The first kappa shape index (κ1) is 13.5. The molecule has 0 radical (unpaired) electrons. The normalized spacial score (nSPS) is 12.4. The number of carbonyl (C=O) groups excluding carboxylic acids is 1. The number of fused-ring (bicyclic) bond motifs is 1. The molecule has 1 atom stereocenters. The van der Waals surface area contributed by atoms with Crippen LogP contribution in [0.2, 0.25) is 0 Å². The van der Waals surface area contributed by atoms with Crippen LogP contribution in [-0.4, -0.2) is 31.7 Å². The van der Waals surface area contributed by atoms with Crippen LogP contribution in [-0.2, 0) is 6.54 Å². The van der Waals surface area contributed by atoms with E-state index < -0.39 is 0 Å². The minimum atomic E-state index is -0.211. The highest BCUT2D eigenvalue weighted by Crippen LogP contribution is 2.30. The topological polar surface area (TPSA) is 98.7 Å². The minimum Gasteiger partial charge on any atom is -0.396 e. The van der Waals surface area contributed by atoms with Crippen LogP contribution in [0.4, 0.5) is 5.69 Å². The van der Waals surface area contributed by atoms with Crippen molar-refractivity contribution in [3.63, 3.8) is 0 Å². The first-order chi connectivity index (χ1) is 10.1. The Kier molecular flexibility index (Phi) is 3.53. The molecule has 1 unspecified atom stereocenters. The zero-order valence-corrected chi connectivity index (χ0v) is 12.2. The zero-order chi connectivity index (χ0) is 14.8. The van der Waals surface area contributed by atoms with E-state index >= 15 is 0 Å². The summed E-state index contributed by atoms with van der Waals surface area (Å²) in [4.78, 5) is 21.7. The molecule has 3 aromatic heterocycles. The van der Waals surface area contributed by atoms with E-state index in [1.807, 2.05) is 19.2 Å². The van der Waals surface area contributed by atoms with Gasteiger partial charge in [0.25, 0.3) is 5.91 Å². The highest BCUT2D eigenvalue weighted by Gasteiger charge is 2.19. The van der Waals surface area contributed by atoms with Crippen molar-refractivity contribution in [2.45, 2.75) is 19.5 Å². The third-order valence-corrected chi connectivity index (χ3v) is 4.07. The molecule has 0 aromatic carbocycles. The van der Waals surface area contributed by atoms with Gasteiger partial charge in [-0.1, -0.05) is 0 Å². The first-order valence-electron chi connectivity index (χ1n) is 6.42. The fourth-order valence-corrected chi connectivity index (χ4v) is 2.96. The summed E-state index contributed by atoms with van der Waals surface area (Å²) in [6.45, 7) is 2.51. The maximum atomic E-state index is 12.3. The molecule has 0 fully saturated rings. The van der Waals surface area contributed by atoms with Gasteiger partial charge in [-0.25, -0.2) is 9.97 Å². The summed E-state index contributed by atoms with van der Waals surface area (Å²) in [5.41, 5.74) is 6.94. The summed E-state index contributed by atoms with van der Waals surface area (Å²) >= 11 is 1.25. The number of nitrogens with two attached hydrogens (primary N) is 1. The lowest BCUT2D eigenvalue weighted by Crippen LogP contribution is -2.35. The van der Waals surface area contributed by atoms with Gasteiger partial charge >= 0.3 is 0 Å². The van der Waals surface area contributed by atoms with Crippen LogP contribution in [0.25, 0.3) is 10.3 Å². The van der Waals surface area contributed by atoms with Crippen LogP contribution in [0.15, 0.2) is 30.9 Å². The van der Waals surface area contributed by atoms with Crippen molar-refractivity contribution in [1.82, 2.24) is 25.1 Å². The van der Waals surface area contributed by atoms with Crippen LogP contribution >= 0.6 is 11.3 Å². The Morgan fingerprint density at radius 2 is 2.24 bits per heavy atom. The van der Waals surface area contributed by atoms with E-state index in [1.165, 1.54) is 11.3 Å². The summed E-state index contributed by atoms with van der Waals surface area (Å²) in [5.74, 6) is -0.211. The van der Waals surface area contributed by atoms with Crippen LogP contribution in [0.3, 0.4) is 0 Å². The molecule has 0 saturated carbocycles. The number of anilines is 1. The number of nitrogens with zero attached hydrogens (tertiary/aromatic N) is 4. The van der Waals surface area contributed by atoms with Gasteiger partial charge in [-0.2, -0.15) is 5.10 Å². The predicted molar refractivity (Wildman–Crippen MR) is 81.0 cm³/mol. The third-order valence-electron chi connectivity index (χ3n) is 2.97. The van der Waals surface area contributed by atoms with Gasteiger partial charge in [-0.05, 0) is 13.0 Å². The maximum absolute atomic E-state index is 12.3. The fraction of sp³-hybridized carbons (Fsp3) is 0.231. The van der Waals surface area contributed by atoms with Crippen molar-refractivity contribution < 1.29 is 4.79 Å². The number of aromatic nitrogens is 4. The Morgan fingerprint density at radius 1 is 1.43 bits per heavy atom. The number of nitrogen functional groups attached to an aromatic ring is 1. The molecular formula is C13H14N6OS. The number of rotatable bonds is 4. The molecule has 0 aliphatic carbocycles. The molecule has 21 heavy (non-hydrogen) atoms. The number of thiophene rings is 1. The molecule has 7 nitrogen and oxygen atoms in total. The van der Waals surface area contributed by atoms with Crippen LogP contribution in [0.5, 0.6) is 0 Å². The lowest BCUT2D eigenvalue weighted by atomic mass is 10.3. The predicted octanol–water partition coefficient (Wildman–Crippen LogP) is 1.29. The monoisotopic (exact) mass is 302 g/mol. The molecule has 3 N–H and O–H groups in total. The quantitative estimate of drug-likeness (QED) is 0.756. The van der Waals surface area contributed by atoms with Crippen LogP contribution in [0, 0.1) is 0 Å². The highest BCUT2D eigenvalue weighted by molar-refractivity contribution is 7.21. The van der Waals surface area contributed by atoms with Gasteiger partial charge in [-0.3, -0.25) is 9.48 Å². The molecule has 3 rings (SSSR count). The van der Waals surface area contributed by atoms with Crippen molar-refractivity contribution in [1.29, 1.82) is 0 Å². The molecule has 8 heteroatoms. The summed E-state index contributed by atoms with van der Waals surface area (Å²) in [6, 6.07) is 1.78. The molecular weight excluding hydrogens is 288 g/mol. The van der Waals surface area contributed by atoms with Gasteiger partial charge in [0.05, 0.1) is 12.2 Å². The Hall–Kier alpha value is -2.48. The summed E-state index contributed by atoms with van der Waals surface area (Å²) in [7, 11) is 0. The van der Waals surface area contributed by atoms with Gasteiger partial charge < -0.3 is 11.1 Å². The Balaban J connectivity index is 1.76. The molecule has 108 valence electrons. The molecule has 1 amide bonds. The largest absolute Gasteiger partial charge is 0.396 e. The maximum Gasteiger partial charge on any atom is 0.263 e. The number of hydrogen-bond acceptors (Lipinski definition) is 6. The second kappa shape index (κ2) is 5.49. The van der Waals surface area contributed by atoms with Crippen LogP contribution < -0.4 is 11.1 Å². The number of hydrogen-bond donors (Lipinski definition) is 2. The molecule has 3 heterocycles. The lowest BCUT2D eigenvalue weighted by Gasteiger charge is -2.13. The minimum absolute atomic E-state index is 0.0667. The average Bonchev–Trinajstić information content (AvgIpc) is 3.07. The second-order valence-electron chi connectivity index (χ2n) is 4.66. The smallest absolute Gasteiger partial charge is 0.263 e. The number of amides is 1. The Labute approximate surface area is 124 Å². The lowest BCUT2D eigenvalue weighted by molar-refractivity contribution is 0.0941. The third kappa shape index (κ3) is 2.70. The van der Waals surface area contributed by atoms with Crippen molar-refractivity contribution in [2.75, 3.05) is 5.73 Å². The van der Waals surface area contributed by atoms with Crippen molar-refractivity contribution >= 4 is 33.3 Å². The van der Waals surface area contributed by atoms with Crippen LogP contribution in [0.1, 0.15) is 16.6 Å². The summed E-state index contributed by atoms with van der Waals surface area (Å²) in [5, 5.41) is 7.02. The molecule has 0 spiro atoms. The SMILES string of the molecule is CC(Cn1cccn1)NC(=O)c1sc2nccnc2c1N.